The normalized spacial score (nSPS) is 11.6. The Kier molecular flexibility index (Phi) is 4.53. The summed E-state index contributed by atoms with van der Waals surface area (Å²) in [5.74, 6) is -0.388. The molecule has 2 nitrogen and oxygen atoms in total. The molecule has 0 saturated heterocycles. The van der Waals surface area contributed by atoms with Crippen LogP contribution in [0.3, 0.4) is 0 Å². The molecule has 0 spiro atoms. The standard InChI is InChI=1S/C13H15FN2/c1-3-4-5-10(2)16-13-7-6-12(14)8-11(13)9-15/h3,6-8,10,16H,1,4-5H2,2H3. The van der Waals surface area contributed by atoms with Crippen molar-refractivity contribution in [3.63, 3.8) is 0 Å². The lowest BCUT2D eigenvalue weighted by Crippen LogP contribution is -2.15. The molecule has 0 aliphatic carbocycles. The van der Waals surface area contributed by atoms with Gasteiger partial charge in [0.1, 0.15) is 11.9 Å². The minimum atomic E-state index is -0.388. The minimum Gasteiger partial charge on any atom is -0.382 e. The minimum absolute atomic E-state index is 0.232. The summed E-state index contributed by atoms with van der Waals surface area (Å²) in [5, 5.41) is 12.0. The summed E-state index contributed by atoms with van der Waals surface area (Å²) in [5.41, 5.74) is 1.02. The zero-order valence-corrected chi connectivity index (χ0v) is 9.33. The molecule has 1 aromatic carbocycles. The molecule has 0 heterocycles. The van der Waals surface area contributed by atoms with Crippen molar-refractivity contribution < 1.29 is 4.39 Å². The quantitative estimate of drug-likeness (QED) is 0.768. The maximum atomic E-state index is 12.9. The zero-order valence-electron chi connectivity index (χ0n) is 9.33. The summed E-state index contributed by atoms with van der Waals surface area (Å²) in [4.78, 5) is 0. The van der Waals surface area contributed by atoms with Crippen LogP contribution in [0.5, 0.6) is 0 Å². The number of benzene rings is 1. The molecule has 16 heavy (non-hydrogen) atoms. The Morgan fingerprint density at radius 3 is 3.00 bits per heavy atom. The summed E-state index contributed by atoms with van der Waals surface area (Å²) in [7, 11) is 0. The van der Waals surface area contributed by atoms with E-state index in [0.29, 0.717) is 11.3 Å². The number of rotatable bonds is 5. The molecule has 1 atom stereocenters. The third-order valence-corrected chi connectivity index (χ3v) is 2.31. The van der Waals surface area contributed by atoms with Crippen LogP contribution in [0.25, 0.3) is 0 Å². The Bertz CT molecular complexity index is 407. The van der Waals surface area contributed by atoms with Gasteiger partial charge in [-0.3, -0.25) is 0 Å². The van der Waals surface area contributed by atoms with Crippen LogP contribution in [-0.4, -0.2) is 6.04 Å². The lowest BCUT2D eigenvalue weighted by Gasteiger charge is -2.15. The third kappa shape index (κ3) is 3.39. The number of hydrogen-bond donors (Lipinski definition) is 1. The highest BCUT2D eigenvalue weighted by Crippen LogP contribution is 2.17. The van der Waals surface area contributed by atoms with Gasteiger partial charge in [0.2, 0.25) is 0 Å². The number of allylic oxidation sites excluding steroid dienone is 1. The molecule has 1 N–H and O–H groups in total. The van der Waals surface area contributed by atoms with Gasteiger partial charge in [0.05, 0.1) is 11.3 Å². The Balaban J connectivity index is 2.73. The van der Waals surface area contributed by atoms with Gasteiger partial charge in [0.15, 0.2) is 0 Å². The molecule has 0 radical (unpaired) electrons. The second-order valence-electron chi connectivity index (χ2n) is 3.71. The van der Waals surface area contributed by atoms with Gasteiger partial charge in [-0.2, -0.15) is 5.26 Å². The lowest BCUT2D eigenvalue weighted by molar-refractivity contribution is 0.627. The van der Waals surface area contributed by atoms with Crippen LogP contribution >= 0.6 is 0 Å². The highest BCUT2D eigenvalue weighted by molar-refractivity contribution is 5.57. The molecule has 0 aliphatic heterocycles. The van der Waals surface area contributed by atoms with Crippen molar-refractivity contribution in [1.29, 1.82) is 5.26 Å². The number of halogens is 1. The fraction of sp³-hybridized carbons (Fsp3) is 0.308. The van der Waals surface area contributed by atoms with Crippen LogP contribution in [-0.2, 0) is 0 Å². The van der Waals surface area contributed by atoms with Crippen molar-refractivity contribution in [3.05, 3.63) is 42.2 Å². The van der Waals surface area contributed by atoms with E-state index in [-0.39, 0.29) is 11.9 Å². The second kappa shape index (κ2) is 5.92. The van der Waals surface area contributed by atoms with E-state index >= 15 is 0 Å². The van der Waals surface area contributed by atoms with E-state index < -0.39 is 0 Å². The van der Waals surface area contributed by atoms with Crippen LogP contribution in [0, 0.1) is 17.1 Å². The first-order valence-electron chi connectivity index (χ1n) is 5.24. The van der Waals surface area contributed by atoms with Gasteiger partial charge >= 0.3 is 0 Å². The molecule has 0 fully saturated rings. The fourth-order valence-electron chi connectivity index (χ4n) is 1.44. The smallest absolute Gasteiger partial charge is 0.124 e. The second-order valence-corrected chi connectivity index (χ2v) is 3.71. The average molecular weight is 218 g/mol. The summed E-state index contributed by atoms with van der Waals surface area (Å²) >= 11 is 0. The summed E-state index contributed by atoms with van der Waals surface area (Å²) < 4.78 is 12.9. The van der Waals surface area contributed by atoms with E-state index in [9.17, 15) is 4.39 Å². The zero-order chi connectivity index (χ0) is 12.0. The number of nitrogens with zero attached hydrogens (tertiary/aromatic N) is 1. The van der Waals surface area contributed by atoms with Gasteiger partial charge in [-0.1, -0.05) is 6.08 Å². The molecule has 0 saturated carbocycles. The number of hydrogen-bond acceptors (Lipinski definition) is 2. The van der Waals surface area contributed by atoms with E-state index in [1.165, 1.54) is 12.1 Å². The first-order valence-corrected chi connectivity index (χ1v) is 5.24. The molecule has 0 amide bonds. The molecule has 1 rings (SSSR count). The van der Waals surface area contributed by atoms with Gasteiger partial charge < -0.3 is 5.32 Å². The van der Waals surface area contributed by atoms with E-state index in [2.05, 4.69) is 11.9 Å². The maximum absolute atomic E-state index is 12.9. The molecular weight excluding hydrogens is 203 g/mol. The molecule has 0 aromatic heterocycles. The van der Waals surface area contributed by atoms with Crippen molar-refractivity contribution in [2.45, 2.75) is 25.8 Å². The Morgan fingerprint density at radius 2 is 2.38 bits per heavy atom. The number of nitriles is 1. The van der Waals surface area contributed by atoms with Gasteiger partial charge in [0.25, 0.3) is 0 Å². The average Bonchev–Trinajstić information content (AvgIpc) is 2.28. The van der Waals surface area contributed by atoms with E-state index in [0.717, 1.165) is 12.8 Å². The number of anilines is 1. The van der Waals surface area contributed by atoms with Crippen LogP contribution < -0.4 is 5.32 Å². The van der Waals surface area contributed by atoms with Gasteiger partial charge in [-0.05, 0) is 38.0 Å². The van der Waals surface area contributed by atoms with Crippen LogP contribution in [0.1, 0.15) is 25.3 Å². The van der Waals surface area contributed by atoms with Crippen molar-refractivity contribution in [3.8, 4) is 6.07 Å². The van der Waals surface area contributed by atoms with Crippen LogP contribution in [0.15, 0.2) is 30.9 Å². The van der Waals surface area contributed by atoms with E-state index in [1.807, 2.05) is 19.1 Å². The van der Waals surface area contributed by atoms with Gasteiger partial charge in [0, 0.05) is 6.04 Å². The van der Waals surface area contributed by atoms with Crippen molar-refractivity contribution in [2.24, 2.45) is 0 Å². The highest BCUT2D eigenvalue weighted by Gasteiger charge is 2.06. The fourth-order valence-corrected chi connectivity index (χ4v) is 1.44. The molecular formula is C13H15FN2. The molecule has 84 valence electrons. The van der Waals surface area contributed by atoms with Crippen LogP contribution in [0.2, 0.25) is 0 Å². The molecule has 1 aromatic rings. The van der Waals surface area contributed by atoms with Crippen LogP contribution in [0.4, 0.5) is 10.1 Å². The molecule has 0 bridgehead atoms. The van der Waals surface area contributed by atoms with E-state index in [1.54, 1.807) is 6.07 Å². The van der Waals surface area contributed by atoms with Crippen molar-refractivity contribution in [1.82, 2.24) is 0 Å². The Morgan fingerprint density at radius 1 is 1.62 bits per heavy atom. The summed E-state index contributed by atoms with van der Waals surface area (Å²) in [6, 6.07) is 6.39. The monoisotopic (exact) mass is 218 g/mol. The van der Waals surface area contributed by atoms with E-state index in [4.69, 9.17) is 5.26 Å². The SMILES string of the molecule is C=CCCC(C)Nc1ccc(F)cc1C#N. The first-order chi connectivity index (χ1) is 7.67. The lowest BCUT2D eigenvalue weighted by atomic mass is 10.1. The first kappa shape index (κ1) is 12.3. The summed E-state index contributed by atoms with van der Waals surface area (Å²) in [6.45, 7) is 5.68. The Labute approximate surface area is 95.4 Å². The molecule has 3 heteroatoms. The predicted molar refractivity (Wildman–Crippen MR) is 63.6 cm³/mol. The van der Waals surface area contributed by atoms with Crippen molar-refractivity contribution in [2.75, 3.05) is 5.32 Å². The summed E-state index contributed by atoms with van der Waals surface area (Å²) in [6.07, 6.45) is 3.71. The maximum Gasteiger partial charge on any atom is 0.124 e. The topological polar surface area (TPSA) is 35.8 Å². The molecule has 0 aliphatic rings. The third-order valence-electron chi connectivity index (χ3n) is 2.31. The Hall–Kier alpha value is -1.82. The van der Waals surface area contributed by atoms with Gasteiger partial charge in [-0.15, -0.1) is 6.58 Å². The number of nitrogens with one attached hydrogen (secondary N) is 1. The van der Waals surface area contributed by atoms with Crippen molar-refractivity contribution >= 4 is 5.69 Å². The molecule has 1 unspecified atom stereocenters. The highest BCUT2D eigenvalue weighted by atomic mass is 19.1. The predicted octanol–water partition coefficient (Wildman–Crippen LogP) is 3.46. The van der Waals surface area contributed by atoms with Gasteiger partial charge in [-0.25, -0.2) is 4.39 Å². The largest absolute Gasteiger partial charge is 0.382 e.